The zero-order valence-electron chi connectivity index (χ0n) is 14.7. The molecule has 3 nitrogen and oxygen atoms in total. The van der Waals surface area contributed by atoms with Gasteiger partial charge >= 0.3 is 0 Å². The van der Waals surface area contributed by atoms with Crippen molar-refractivity contribution < 1.29 is 9.59 Å². The van der Waals surface area contributed by atoms with Crippen molar-refractivity contribution in [2.24, 2.45) is 5.92 Å². The molecule has 1 aliphatic heterocycles. The van der Waals surface area contributed by atoms with Gasteiger partial charge in [-0.05, 0) is 36.2 Å². The number of nitrogens with zero attached hydrogens (tertiary/aromatic N) is 1. The second-order valence-electron chi connectivity index (χ2n) is 6.50. The molecule has 4 heteroatoms. The molecule has 4 rings (SSSR count). The van der Waals surface area contributed by atoms with E-state index < -0.39 is 0 Å². The predicted octanol–water partition coefficient (Wildman–Crippen LogP) is 4.65. The molecule has 2 amide bonds. The number of imide groups is 1. The molecule has 27 heavy (non-hydrogen) atoms. The van der Waals surface area contributed by atoms with Gasteiger partial charge in [-0.1, -0.05) is 78.5 Å². The molecule has 1 heterocycles. The molecule has 1 fully saturated rings. The summed E-state index contributed by atoms with van der Waals surface area (Å²) < 4.78 is 0. The number of likely N-dealkylation sites (tertiary alicyclic amines) is 1. The Kier molecular flexibility index (Phi) is 5.07. The van der Waals surface area contributed by atoms with Crippen LogP contribution in [0.2, 0.25) is 0 Å². The van der Waals surface area contributed by atoms with Gasteiger partial charge < -0.3 is 0 Å². The van der Waals surface area contributed by atoms with Gasteiger partial charge in [0.25, 0.3) is 5.91 Å². The lowest BCUT2D eigenvalue weighted by atomic mass is 9.90. The topological polar surface area (TPSA) is 37.4 Å². The van der Waals surface area contributed by atoms with E-state index in [1.807, 2.05) is 78.9 Å². The number of carbonyl (C=O) groups is 2. The van der Waals surface area contributed by atoms with E-state index in [1.165, 1.54) is 4.90 Å². The summed E-state index contributed by atoms with van der Waals surface area (Å²) in [6, 6.07) is 28.9. The van der Waals surface area contributed by atoms with E-state index in [0.717, 1.165) is 10.5 Å². The number of benzene rings is 3. The first kappa shape index (κ1) is 17.6. The number of thioether (sulfide) groups is 1. The lowest BCUT2D eigenvalue weighted by Gasteiger charge is -2.45. The quantitative estimate of drug-likeness (QED) is 0.483. The third kappa shape index (κ3) is 3.67. The number of rotatable bonds is 5. The van der Waals surface area contributed by atoms with Crippen LogP contribution in [0.3, 0.4) is 0 Å². The van der Waals surface area contributed by atoms with Crippen LogP contribution in [0.25, 0.3) is 0 Å². The Morgan fingerprint density at radius 1 is 0.815 bits per heavy atom. The van der Waals surface area contributed by atoms with E-state index in [4.69, 9.17) is 0 Å². The van der Waals surface area contributed by atoms with Gasteiger partial charge in [0.2, 0.25) is 5.91 Å². The van der Waals surface area contributed by atoms with Crippen molar-refractivity contribution in [3.05, 3.63) is 102 Å². The van der Waals surface area contributed by atoms with E-state index in [2.05, 4.69) is 0 Å². The molecule has 0 spiro atoms. The third-order valence-corrected chi connectivity index (χ3v) is 6.02. The first-order chi connectivity index (χ1) is 13.2. The second-order valence-corrected chi connectivity index (χ2v) is 7.69. The Morgan fingerprint density at radius 2 is 1.37 bits per heavy atom. The summed E-state index contributed by atoms with van der Waals surface area (Å²) in [5.74, 6) is -0.523. The van der Waals surface area contributed by atoms with Crippen molar-refractivity contribution in [3.63, 3.8) is 0 Å². The average molecular weight is 373 g/mol. The molecular weight excluding hydrogens is 354 g/mol. The molecule has 0 saturated carbocycles. The number of hydrogen-bond donors (Lipinski definition) is 0. The molecule has 0 aliphatic carbocycles. The van der Waals surface area contributed by atoms with Crippen molar-refractivity contribution in [1.82, 2.24) is 4.90 Å². The first-order valence-electron chi connectivity index (χ1n) is 8.92. The van der Waals surface area contributed by atoms with Gasteiger partial charge in [-0.3, -0.25) is 14.5 Å². The Hall–Kier alpha value is -2.85. The number of carbonyl (C=O) groups excluding carboxylic acids is 2. The molecule has 0 N–H and O–H groups in total. The standard InChI is InChI=1S/C23H19NO2S/c25-21(18-12-6-2-7-13-18)24-22(26)20(16-17-10-4-1-5-11-17)23(24)27-19-14-8-3-9-15-19/h1-15,20,23H,16H2. The van der Waals surface area contributed by atoms with Crippen LogP contribution >= 0.6 is 11.8 Å². The summed E-state index contributed by atoms with van der Waals surface area (Å²) >= 11 is 1.58. The van der Waals surface area contributed by atoms with Gasteiger partial charge in [-0.15, -0.1) is 0 Å². The lowest BCUT2D eigenvalue weighted by Crippen LogP contribution is -2.62. The van der Waals surface area contributed by atoms with E-state index in [-0.39, 0.29) is 23.1 Å². The monoisotopic (exact) mass is 373 g/mol. The first-order valence-corrected chi connectivity index (χ1v) is 9.80. The highest BCUT2D eigenvalue weighted by Crippen LogP contribution is 2.41. The Balaban J connectivity index is 1.60. The maximum Gasteiger partial charge on any atom is 0.261 e. The smallest absolute Gasteiger partial charge is 0.261 e. The molecular formula is C23H19NO2S. The minimum Gasteiger partial charge on any atom is -0.274 e. The molecule has 0 aromatic heterocycles. The van der Waals surface area contributed by atoms with Gasteiger partial charge in [0.15, 0.2) is 0 Å². The summed E-state index contributed by atoms with van der Waals surface area (Å²) in [5, 5.41) is -0.201. The maximum atomic E-state index is 12.9. The minimum atomic E-state index is -0.224. The van der Waals surface area contributed by atoms with Crippen molar-refractivity contribution in [1.29, 1.82) is 0 Å². The molecule has 3 aromatic rings. The fourth-order valence-electron chi connectivity index (χ4n) is 3.29. The van der Waals surface area contributed by atoms with Crippen LogP contribution in [-0.4, -0.2) is 22.1 Å². The highest BCUT2D eigenvalue weighted by atomic mass is 32.2. The summed E-state index contributed by atoms with van der Waals surface area (Å²) in [7, 11) is 0. The lowest BCUT2D eigenvalue weighted by molar-refractivity contribution is -0.145. The zero-order chi connectivity index (χ0) is 18.6. The second kappa shape index (κ2) is 7.80. The summed E-state index contributed by atoms with van der Waals surface area (Å²) in [6.45, 7) is 0. The van der Waals surface area contributed by atoms with Crippen LogP contribution in [0.4, 0.5) is 0 Å². The molecule has 0 radical (unpaired) electrons. The van der Waals surface area contributed by atoms with Crippen molar-refractivity contribution in [2.45, 2.75) is 16.7 Å². The molecule has 3 aromatic carbocycles. The SMILES string of the molecule is O=C(c1ccccc1)N1C(=O)C(Cc2ccccc2)C1Sc1ccccc1. The average Bonchev–Trinajstić information content (AvgIpc) is 2.74. The van der Waals surface area contributed by atoms with Gasteiger partial charge in [0.1, 0.15) is 5.37 Å². The fourth-order valence-corrected chi connectivity index (χ4v) is 4.56. The molecule has 1 saturated heterocycles. The molecule has 134 valence electrons. The number of hydrogen-bond acceptors (Lipinski definition) is 3. The van der Waals surface area contributed by atoms with Crippen LogP contribution in [0, 0.1) is 5.92 Å². The van der Waals surface area contributed by atoms with E-state index in [1.54, 1.807) is 23.9 Å². The Bertz CT molecular complexity index is 928. The van der Waals surface area contributed by atoms with Crippen molar-refractivity contribution >= 4 is 23.6 Å². The highest BCUT2D eigenvalue weighted by molar-refractivity contribution is 8.00. The predicted molar refractivity (Wildman–Crippen MR) is 107 cm³/mol. The van der Waals surface area contributed by atoms with Gasteiger partial charge in [0, 0.05) is 10.5 Å². The van der Waals surface area contributed by atoms with Gasteiger partial charge in [-0.2, -0.15) is 0 Å². The number of amides is 2. The fraction of sp³-hybridized carbons (Fsp3) is 0.130. The van der Waals surface area contributed by atoms with E-state index >= 15 is 0 Å². The van der Waals surface area contributed by atoms with Crippen molar-refractivity contribution in [2.75, 3.05) is 0 Å². The van der Waals surface area contributed by atoms with Crippen LogP contribution in [0.5, 0.6) is 0 Å². The minimum absolute atomic E-state index is 0.0962. The Labute approximate surface area is 163 Å². The molecule has 2 unspecified atom stereocenters. The highest BCUT2D eigenvalue weighted by Gasteiger charge is 2.51. The number of β-lactam (4-membered cyclic amide) rings is 1. The normalized spacial score (nSPS) is 18.8. The Morgan fingerprint density at radius 3 is 2.00 bits per heavy atom. The van der Waals surface area contributed by atoms with Gasteiger partial charge in [-0.25, -0.2) is 0 Å². The molecule has 2 atom stereocenters. The molecule has 0 bridgehead atoms. The summed E-state index contributed by atoms with van der Waals surface area (Å²) in [4.78, 5) is 28.3. The summed E-state index contributed by atoms with van der Waals surface area (Å²) in [5.41, 5.74) is 1.66. The van der Waals surface area contributed by atoms with Crippen LogP contribution in [0.15, 0.2) is 95.9 Å². The van der Waals surface area contributed by atoms with E-state index in [0.29, 0.717) is 12.0 Å². The maximum absolute atomic E-state index is 12.9. The summed E-state index contributed by atoms with van der Waals surface area (Å²) in [6.07, 6.45) is 0.642. The van der Waals surface area contributed by atoms with Crippen LogP contribution in [0.1, 0.15) is 15.9 Å². The van der Waals surface area contributed by atoms with E-state index in [9.17, 15) is 9.59 Å². The van der Waals surface area contributed by atoms with Crippen LogP contribution < -0.4 is 0 Å². The van der Waals surface area contributed by atoms with Crippen LogP contribution in [-0.2, 0) is 11.2 Å². The third-order valence-electron chi connectivity index (χ3n) is 4.69. The zero-order valence-corrected chi connectivity index (χ0v) is 15.5. The molecule has 1 aliphatic rings. The van der Waals surface area contributed by atoms with Gasteiger partial charge in [0.05, 0.1) is 5.92 Å². The largest absolute Gasteiger partial charge is 0.274 e. The van der Waals surface area contributed by atoms with Crippen molar-refractivity contribution in [3.8, 4) is 0 Å².